The highest BCUT2D eigenvalue weighted by molar-refractivity contribution is 7.89. The Kier molecular flexibility index (Phi) is 5.73. The average molecular weight is 411 g/mol. The van der Waals surface area contributed by atoms with Crippen molar-refractivity contribution in [2.45, 2.75) is 11.8 Å². The number of piperazine rings is 1. The van der Waals surface area contributed by atoms with E-state index in [1.807, 2.05) is 4.90 Å². The molecule has 1 aliphatic rings. The molecule has 2 aromatic rings. The van der Waals surface area contributed by atoms with Gasteiger partial charge in [0.05, 0.1) is 4.90 Å². The fourth-order valence-corrected chi connectivity index (χ4v) is 4.48. The molecule has 0 saturated carbocycles. The molecule has 27 heavy (non-hydrogen) atoms. The van der Waals surface area contributed by atoms with E-state index in [1.54, 1.807) is 19.1 Å². The number of anilines is 1. The number of thiocarbonyl (C=S) groups is 1. The second kappa shape index (κ2) is 7.87. The predicted octanol–water partition coefficient (Wildman–Crippen LogP) is 2.98. The number of nitrogens with zero attached hydrogens (tertiary/aromatic N) is 2. The topological polar surface area (TPSA) is 52.6 Å². The number of aryl methyl sites for hydroxylation is 1. The van der Waals surface area contributed by atoms with Crippen molar-refractivity contribution in [3.63, 3.8) is 0 Å². The largest absolute Gasteiger partial charge is 0.346 e. The van der Waals surface area contributed by atoms with Gasteiger partial charge in [-0.05, 0) is 61.1 Å². The lowest BCUT2D eigenvalue weighted by atomic mass is 10.2. The van der Waals surface area contributed by atoms with Gasteiger partial charge in [0.25, 0.3) is 0 Å². The molecule has 0 radical (unpaired) electrons. The smallest absolute Gasteiger partial charge is 0.243 e. The van der Waals surface area contributed by atoms with Gasteiger partial charge in [0.15, 0.2) is 5.11 Å². The SMILES string of the molecule is Cc1ccc(NC(=S)N2CCN(S(=O)(=O)c3ccc(F)cc3)CC2)cc1F. The molecule has 1 fully saturated rings. The van der Waals surface area contributed by atoms with E-state index in [0.717, 1.165) is 12.1 Å². The van der Waals surface area contributed by atoms with Crippen molar-refractivity contribution >= 4 is 33.0 Å². The Morgan fingerprint density at radius 1 is 1.04 bits per heavy atom. The Labute approximate surface area is 162 Å². The molecule has 144 valence electrons. The lowest BCUT2D eigenvalue weighted by molar-refractivity contribution is 0.268. The van der Waals surface area contributed by atoms with E-state index in [4.69, 9.17) is 12.2 Å². The molecule has 0 amide bonds. The summed E-state index contributed by atoms with van der Waals surface area (Å²) in [5, 5.41) is 3.39. The summed E-state index contributed by atoms with van der Waals surface area (Å²) in [6, 6.07) is 9.54. The van der Waals surface area contributed by atoms with E-state index in [1.165, 1.54) is 22.5 Å². The van der Waals surface area contributed by atoms with Crippen LogP contribution >= 0.6 is 12.2 Å². The first-order valence-corrected chi connectivity index (χ1v) is 10.2. The van der Waals surface area contributed by atoms with E-state index >= 15 is 0 Å². The van der Waals surface area contributed by atoms with Crippen LogP contribution in [0.15, 0.2) is 47.4 Å². The average Bonchev–Trinajstić information content (AvgIpc) is 2.65. The maximum atomic E-state index is 13.6. The number of nitrogens with one attached hydrogen (secondary N) is 1. The van der Waals surface area contributed by atoms with Crippen molar-refractivity contribution in [2.24, 2.45) is 0 Å². The fraction of sp³-hybridized carbons (Fsp3) is 0.278. The molecule has 0 unspecified atom stereocenters. The standard InChI is InChI=1S/C18H19F2N3O2S2/c1-13-2-5-15(12-17(13)20)21-18(26)22-8-10-23(11-9-22)27(24,25)16-6-3-14(19)4-7-16/h2-7,12H,8-11H2,1H3,(H,21,26). The Balaban J connectivity index is 1.61. The van der Waals surface area contributed by atoms with Gasteiger partial charge in [-0.25, -0.2) is 17.2 Å². The molecule has 1 saturated heterocycles. The normalized spacial score (nSPS) is 15.6. The summed E-state index contributed by atoms with van der Waals surface area (Å²) in [6.45, 7) is 2.99. The molecule has 9 heteroatoms. The van der Waals surface area contributed by atoms with Crippen molar-refractivity contribution in [1.29, 1.82) is 0 Å². The highest BCUT2D eigenvalue weighted by atomic mass is 32.2. The molecule has 1 heterocycles. The van der Waals surface area contributed by atoms with Crippen molar-refractivity contribution in [2.75, 3.05) is 31.5 Å². The lowest BCUT2D eigenvalue weighted by Crippen LogP contribution is -2.51. The second-order valence-corrected chi connectivity index (χ2v) is 8.56. The zero-order valence-electron chi connectivity index (χ0n) is 14.7. The summed E-state index contributed by atoms with van der Waals surface area (Å²) in [4.78, 5) is 1.90. The molecule has 1 N–H and O–H groups in total. The summed E-state index contributed by atoms with van der Waals surface area (Å²) in [5.74, 6) is -0.805. The predicted molar refractivity (Wildman–Crippen MR) is 104 cm³/mol. The first-order chi connectivity index (χ1) is 12.8. The number of hydrogen-bond donors (Lipinski definition) is 1. The molecule has 5 nitrogen and oxygen atoms in total. The Hall–Kier alpha value is -2.10. The number of rotatable bonds is 3. The molecular formula is C18H19F2N3O2S2. The maximum absolute atomic E-state index is 13.6. The van der Waals surface area contributed by atoms with E-state index < -0.39 is 15.8 Å². The van der Waals surface area contributed by atoms with Gasteiger partial charge in [-0.3, -0.25) is 0 Å². The second-order valence-electron chi connectivity index (χ2n) is 6.24. The number of benzene rings is 2. The number of hydrogen-bond acceptors (Lipinski definition) is 3. The van der Waals surface area contributed by atoms with Gasteiger partial charge in [-0.1, -0.05) is 6.07 Å². The number of sulfonamides is 1. The van der Waals surface area contributed by atoms with Crippen LogP contribution < -0.4 is 5.32 Å². The summed E-state index contributed by atoms with van der Waals surface area (Å²) >= 11 is 5.35. The molecule has 0 atom stereocenters. The van der Waals surface area contributed by atoms with Gasteiger partial charge < -0.3 is 10.2 Å². The lowest BCUT2D eigenvalue weighted by Gasteiger charge is -2.35. The summed E-state index contributed by atoms with van der Waals surface area (Å²) in [5.41, 5.74) is 1.09. The summed E-state index contributed by atoms with van der Waals surface area (Å²) < 4.78 is 53.3. The zero-order chi connectivity index (χ0) is 19.6. The third-order valence-electron chi connectivity index (χ3n) is 4.40. The van der Waals surface area contributed by atoms with Crippen molar-refractivity contribution in [1.82, 2.24) is 9.21 Å². The van der Waals surface area contributed by atoms with Gasteiger partial charge in [-0.2, -0.15) is 4.31 Å². The summed E-state index contributed by atoms with van der Waals surface area (Å²) in [7, 11) is -3.67. The minimum Gasteiger partial charge on any atom is -0.346 e. The summed E-state index contributed by atoms with van der Waals surface area (Å²) in [6.07, 6.45) is 0. The molecule has 1 aliphatic heterocycles. The van der Waals surface area contributed by atoms with Crippen LogP contribution in [0.4, 0.5) is 14.5 Å². The van der Waals surface area contributed by atoms with Crippen molar-refractivity contribution in [3.05, 3.63) is 59.7 Å². The van der Waals surface area contributed by atoms with Gasteiger partial charge in [0.1, 0.15) is 11.6 Å². The Bertz CT molecular complexity index is 942. The van der Waals surface area contributed by atoms with Gasteiger partial charge >= 0.3 is 0 Å². The molecule has 3 rings (SSSR count). The molecule has 0 bridgehead atoms. The molecule has 0 aromatic heterocycles. The van der Waals surface area contributed by atoms with Crippen molar-refractivity contribution < 1.29 is 17.2 Å². The van der Waals surface area contributed by atoms with Crippen LogP contribution in [-0.4, -0.2) is 48.9 Å². The first-order valence-electron chi connectivity index (χ1n) is 8.35. The maximum Gasteiger partial charge on any atom is 0.243 e. The Morgan fingerprint density at radius 2 is 1.67 bits per heavy atom. The van der Waals surface area contributed by atoms with Crippen LogP contribution in [0.1, 0.15) is 5.56 Å². The Morgan fingerprint density at radius 3 is 2.26 bits per heavy atom. The van der Waals surface area contributed by atoms with E-state index in [0.29, 0.717) is 29.5 Å². The molecule has 0 spiro atoms. The highest BCUT2D eigenvalue weighted by Crippen LogP contribution is 2.19. The molecule has 2 aromatic carbocycles. The third kappa shape index (κ3) is 4.42. The van der Waals surface area contributed by atoms with Crippen molar-refractivity contribution in [3.8, 4) is 0 Å². The van der Waals surface area contributed by atoms with Gasteiger partial charge in [0.2, 0.25) is 10.0 Å². The van der Waals surface area contributed by atoms with Crippen LogP contribution in [0.5, 0.6) is 0 Å². The fourth-order valence-electron chi connectivity index (χ4n) is 2.76. The van der Waals surface area contributed by atoms with E-state index in [-0.39, 0.29) is 23.8 Å². The monoisotopic (exact) mass is 411 g/mol. The van der Waals surface area contributed by atoms with Crippen LogP contribution in [-0.2, 0) is 10.0 Å². The highest BCUT2D eigenvalue weighted by Gasteiger charge is 2.29. The van der Waals surface area contributed by atoms with E-state index in [9.17, 15) is 17.2 Å². The minimum absolute atomic E-state index is 0.0631. The molecule has 0 aliphatic carbocycles. The first kappa shape index (κ1) is 19.7. The third-order valence-corrected chi connectivity index (χ3v) is 6.67. The van der Waals surface area contributed by atoms with Crippen LogP contribution in [0.25, 0.3) is 0 Å². The van der Waals surface area contributed by atoms with Gasteiger partial charge in [0, 0.05) is 31.9 Å². The quantitative estimate of drug-likeness (QED) is 0.787. The number of halogens is 2. The zero-order valence-corrected chi connectivity index (χ0v) is 16.3. The van der Waals surface area contributed by atoms with Crippen LogP contribution in [0.3, 0.4) is 0 Å². The van der Waals surface area contributed by atoms with Crippen LogP contribution in [0.2, 0.25) is 0 Å². The van der Waals surface area contributed by atoms with E-state index in [2.05, 4.69) is 5.32 Å². The van der Waals surface area contributed by atoms with Gasteiger partial charge in [-0.15, -0.1) is 0 Å². The molecular weight excluding hydrogens is 392 g/mol. The minimum atomic E-state index is -3.67. The van der Waals surface area contributed by atoms with Crippen LogP contribution in [0, 0.1) is 18.6 Å².